The average molecular weight is 490 g/mol. The van der Waals surface area contributed by atoms with Gasteiger partial charge in [-0.05, 0) is 37.3 Å². The fraction of sp³-hybridized carbons (Fsp3) is 0.130. The number of benzene rings is 1. The molecule has 0 unspecified atom stereocenters. The van der Waals surface area contributed by atoms with Gasteiger partial charge in [-0.3, -0.25) is 4.79 Å². The highest BCUT2D eigenvalue weighted by Gasteiger charge is 2.31. The van der Waals surface area contributed by atoms with E-state index in [1.54, 1.807) is 43.3 Å². The summed E-state index contributed by atoms with van der Waals surface area (Å²) in [7, 11) is 0. The predicted octanol–water partition coefficient (Wildman–Crippen LogP) is 5.67. The summed E-state index contributed by atoms with van der Waals surface area (Å²) >= 11 is 5.78. The van der Waals surface area contributed by atoms with Crippen LogP contribution in [0.4, 0.5) is 19.0 Å². The fourth-order valence-electron chi connectivity index (χ4n) is 3.10. The highest BCUT2D eigenvalue weighted by atomic mass is 35.5. The Kier molecular flexibility index (Phi) is 6.25. The number of halogens is 4. The lowest BCUT2D eigenvalue weighted by Crippen LogP contribution is -2.22. The first kappa shape index (κ1) is 23.2. The van der Waals surface area contributed by atoms with E-state index in [1.807, 2.05) is 0 Å². The molecule has 34 heavy (non-hydrogen) atoms. The smallest absolute Gasteiger partial charge is 0.417 e. The number of anilines is 1. The van der Waals surface area contributed by atoms with E-state index in [9.17, 15) is 22.8 Å². The van der Waals surface area contributed by atoms with Crippen LogP contribution in [-0.4, -0.2) is 28.5 Å². The predicted molar refractivity (Wildman–Crippen MR) is 117 cm³/mol. The maximum atomic E-state index is 12.8. The van der Waals surface area contributed by atoms with E-state index in [4.69, 9.17) is 20.8 Å². The van der Waals surface area contributed by atoms with Crippen molar-refractivity contribution in [3.8, 4) is 11.5 Å². The van der Waals surface area contributed by atoms with E-state index in [0.29, 0.717) is 40.4 Å². The number of ether oxygens (including phenoxy) is 1. The van der Waals surface area contributed by atoms with Gasteiger partial charge in [0.25, 0.3) is 5.91 Å². The number of fused-ring (bicyclic) bond motifs is 1. The Morgan fingerprint density at radius 2 is 1.91 bits per heavy atom. The van der Waals surface area contributed by atoms with E-state index in [1.165, 1.54) is 6.07 Å². The number of hydrogen-bond donors (Lipinski definition) is 1. The normalized spacial score (nSPS) is 11.4. The van der Waals surface area contributed by atoms with Gasteiger partial charge < -0.3 is 14.5 Å². The molecule has 0 fully saturated rings. The summed E-state index contributed by atoms with van der Waals surface area (Å²) < 4.78 is 48.9. The minimum absolute atomic E-state index is 0.160. The molecule has 0 saturated heterocycles. The Bertz CT molecular complexity index is 1400. The zero-order chi connectivity index (χ0) is 24.5. The number of nitrogens with one attached hydrogen (secondary N) is 1. The van der Waals surface area contributed by atoms with Crippen LogP contribution in [0.25, 0.3) is 22.4 Å². The van der Waals surface area contributed by atoms with Crippen LogP contribution in [0.5, 0.6) is 0 Å². The van der Waals surface area contributed by atoms with Gasteiger partial charge >= 0.3 is 12.1 Å². The third-order valence-electron chi connectivity index (χ3n) is 4.69. The number of carbonyl (C=O) groups excluding carboxylic acids is 2. The topological polar surface area (TPSA) is 94.3 Å². The molecule has 1 amide bonds. The summed E-state index contributed by atoms with van der Waals surface area (Å²) in [6, 6.07) is 12.5. The summed E-state index contributed by atoms with van der Waals surface area (Å²) in [6.07, 6.45) is -4.09. The minimum Gasteiger partial charge on any atom is -0.460 e. The minimum atomic E-state index is -4.63. The molecule has 4 rings (SSSR count). The van der Waals surface area contributed by atoms with E-state index in [0.717, 1.165) is 0 Å². The van der Waals surface area contributed by atoms with Gasteiger partial charge in [-0.25, -0.2) is 14.8 Å². The van der Waals surface area contributed by atoms with Crippen molar-refractivity contribution in [1.82, 2.24) is 9.97 Å². The van der Waals surface area contributed by atoms with E-state index >= 15 is 0 Å². The Hall–Kier alpha value is -3.92. The summed E-state index contributed by atoms with van der Waals surface area (Å²) in [6.45, 7) is 1.06. The van der Waals surface area contributed by atoms with Crippen molar-refractivity contribution < 1.29 is 31.9 Å². The fourth-order valence-corrected chi connectivity index (χ4v) is 3.32. The summed E-state index contributed by atoms with van der Waals surface area (Å²) in [5.74, 6) is -0.799. The Labute approximate surface area is 195 Å². The number of esters is 1. The number of para-hydroxylation sites is 1. The molecular formula is C23H15ClF3N3O4. The number of alkyl halides is 3. The van der Waals surface area contributed by atoms with Crippen LogP contribution in [0.3, 0.4) is 0 Å². The van der Waals surface area contributed by atoms with Crippen LogP contribution in [0.15, 0.2) is 59.1 Å². The van der Waals surface area contributed by atoms with Crippen molar-refractivity contribution in [2.45, 2.75) is 13.1 Å². The highest BCUT2D eigenvalue weighted by Crippen LogP contribution is 2.32. The van der Waals surface area contributed by atoms with Crippen LogP contribution in [-0.2, 0) is 15.7 Å². The molecule has 0 spiro atoms. The van der Waals surface area contributed by atoms with Gasteiger partial charge in [0.1, 0.15) is 11.5 Å². The first-order valence-corrected chi connectivity index (χ1v) is 10.2. The molecule has 0 aliphatic rings. The van der Waals surface area contributed by atoms with E-state index < -0.39 is 35.2 Å². The Morgan fingerprint density at radius 3 is 2.59 bits per heavy atom. The third-order valence-corrected chi connectivity index (χ3v) is 4.98. The van der Waals surface area contributed by atoms with Gasteiger partial charge in [-0.1, -0.05) is 29.8 Å². The SMILES string of the molecule is Cc1ccc(-c2cc(C(=O)OCC(=O)Nc3ncc(C(F)(F)F)cc3Cl)c3ccccc3n2)o1. The first-order chi connectivity index (χ1) is 16.1. The summed E-state index contributed by atoms with van der Waals surface area (Å²) in [5.41, 5.74) is 0.0253. The molecule has 0 aliphatic heterocycles. The quantitative estimate of drug-likeness (QED) is 0.363. The van der Waals surface area contributed by atoms with Crippen LogP contribution in [0.2, 0.25) is 5.02 Å². The lowest BCUT2D eigenvalue weighted by molar-refractivity contribution is -0.137. The Morgan fingerprint density at radius 1 is 1.15 bits per heavy atom. The second kappa shape index (κ2) is 9.14. The van der Waals surface area contributed by atoms with Crippen molar-refractivity contribution in [2.24, 2.45) is 0 Å². The molecular weight excluding hydrogens is 475 g/mol. The van der Waals surface area contributed by atoms with Gasteiger partial charge in [0.05, 0.1) is 21.7 Å². The van der Waals surface area contributed by atoms with Gasteiger partial charge in [0.2, 0.25) is 0 Å². The van der Waals surface area contributed by atoms with E-state index in [2.05, 4.69) is 15.3 Å². The number of rotatable bonds is 5. The maximum Gasteiger partial charge on any atom is 0.417 e. The molecule has 4 aromatic rings. The molecule has 174 valence electrons. The zero-order valence-corrected chi connectivity index (χ0v) is 18.2. The molecule has 0 saturated carbocycles. The van der Waals surface area contributed by atoms with Crippen LogP contribution in [0.1, 0.15) is 21.7 Å². The number of carbonyl (C=O) groups is 2. The summed E-state index contributed by atoms with van der Waals surface area (Å²) in [4.78, 5) is 33.0. The Balaban J connectivity index is 1.51. The second-order valence-electron chi connectivity index (χ2n) is 7.16. The highest BCUT2D eigenvalue weighted by molar-refractivity contribution is 6.33. The molecule has 1 N–H and O–H groups in total. The van der Waals surface area contributed by atoms with Crippen molar-refractivity contribution in [3.63, 3.8) is 0 Å². The number of pyridine rings is 2. The molecule has 0 atom stereocenters. The number of nitrogens with zero attached hydrogens (tertiary/aromatic N) is 2. The third kappa shape index (κ3) is 5.01. The van der Waals surface area contributed by atoms with Gasteiger partial charge in [-0.15, -0.1) is 0 Å². The van der Waals surface area contributed by atoms with Gasteiger partial charge in [0.15, 0.2) is 18.2 Å². The van der Waals surface area contributed by atoms with Crippen LogP contribution in [0, 0.1) is 6.92 Å². The number of amides is 1. The molecule has 7 nitrogen and oxygen atoms in total. The van der Waals surface area contributed by atoms with Crippen molar-refractivity contribution in [2.75, 3.05) is 11.9 Å². The monoisotopic (exact) mass is 489 g/mol. The molecule has 0 radical (unpaired) electrons. The van der Waals surface area contributed by atoms with Gasteiger partial charge in [-0.2, -0.15) is 13.2 Å². The molecule has 3 aromatic heterocycles. The van der Waals surface area contributed by atoms with Crippen molar-refractivity contribution in [1.29, 1.82) is 0 Å². The largest absolute Gasteiger partial charge is 0.460 e. The lowest BCUT2D eigenvalue weighted by Gasteiger charge is -2.11. The molecule has 1 aromatic carbocycles. The second-order valence-corrected chi connectivity index (χ2v) is 7.57. The first-order valence-electron chi connectivity index (χ1n) is 9.78. The standard InChI is InChI=1S/C23H15ClF3N3O4/c1-12-6-7-19(34-12)18-9-15(14-4-2-3-5-17(14)29-18)22(32)33-11-20(31)30-21-16(24)8-13(10-28-21)23(25,26)27/h2-10H,11H2,1H3,(H,28,30,31). The number of hydrogen-bond acceptors (Lipinski definition) is 6. The van der Waals surface area contributed by atoms with Gasteiger partial charge in [0, 0.05) is 11.6 Å². The molecule has 0 bridgehead atoms. The summed E-state index contributed by atoms with van der Waals surface area (Å²) in [5, 5.41) is 2.32. The van der Waals surface area contributed by atoms with Crippen molar-refractivity contribution >= 4 is 40.2 Å². The zero-order valence-electron chi connectivity index (χ0n) is 17.4. The number of furan rings is 1. The lowest BCUT2D eigenvalue weighted by atomic mass is 10.1. The van der Waals surface area contributed by atoms with Crippen molar-refractivity contribution in [3.05, 3.63) is 76.6 Å². The average Bonchev–Trinajstić information content (AvgIpc) is 3.23. The molecule has 0 aliphatic carbocycles. The molecule has 11 heteroatoms. The molecule has 3 heterocycles. The van der Waals surface area contributed by atoms with E-state index in [-0.39, 0.29) is 11.4 Å². The number of aromatic nitrogens is 2. The maximum absolute atomic E-state index is 12.8. The van der Waals surface area contributed by atoms with Crippen LogP contribution < -0.4 is 5.32 Å². The number of aryl methyl sites for hydroxylation is 1. The van der Waals surface area contributed by atoms with Crippen LogP contribution >= 0.6 is 11.6 Å².